The minimum absolute atomic E-state index is 0.00914. The zero-order valence-corrected chi connectivity index (χ0v) is 11.6. The van der Waals surface area contributed by atoms with Gasteiger partial charge in [-0.15, -0.1) is 0 Å². The van der Waals surface area contributed by atoms with E-state index in [-0.39, 0.29) is 11.6 Å². The maximum atomic E-state index is 5.76. The Morgan fingerprint density at radius 1 is 1.47 bits per heavy atom. The summed E-state index contributed by atoms with van der Waals surface area (Å²) in [6.07, 6.45) is 4.04. The quantitative estimate of drug-likeness (QED) is 0.548. The molecule has 0 radical (unpaired) electrons. The van der Waals surface area contributed by atoms with Crippen LogP contribution in [-0.4, -0.2) is 36.2 Å². The number of ether oxygens (including phenoxy) is 1. The van der Waals surface area contributed by atoms with Crippen LogP contribution in [0.1, 0.15) is 40.5 Å². The van der Waals surface area contributed by atoms with Crippen molar-refractivity contribution in [3.63, 3.8) is 0 Å². The van der Waals surface area contributed by atoms with Crippen molar-refractivity contribution in [3.8, 4) is 0 Å². The summed E-state index contributed by atoms with van der Waals surface area (Å²) in [7, 11) is 0. The lowest BCUT2D eigenvalue weighted by Gasteiger charge is -2.44. The molecule has 1 aliphatic rings. The highest BCUT2D eigenvalue weighted by Gasteiger charge is 2.36. The third-order valence-electron chi connectivity index (χ3n) is 3.78. The van der Waals surface area contributed by atoms with Crippen molar-refractivity contribution in [3.05, 3.63) is 11.8 Å². The van der Waals surface area contributed by atoms with E-state index in [0.717, 1.165) is 32.5 Å². The Morgan fingerprint density at radius 2 is 2.12 bits per heavy atom. The number of nitrogens with zero attached hydrogens (tertiary/aromatic N) is 1. The van der Waals surface area contributed by atoms with Gasteiger partial charge >= 0.3 is 0 Å². The fourth-order valence-corrected chi connectivity index (χ4v) is 2.78. The van der Waals surface area contributed by atoms with Crippen LogP contribution in [0.2, 0.25) is 0 Å². The number of rotatable bonds is 6. The number of nitrogens with one attached hydrogen (secondary N) is 1. The Labute approximate surface area is 105 Å². The molecule has 0 amide bonds. The van der Waals surface area contributed by atoms with Crippen molar-refractivity contribution in [1.82, 2.24) is 10.3 Å². The second kappa shape index (κ2) is 6.38. The Morgan fingerprint density at radius 3 is 2.53 bits per heavy atom. The third-order valence-corrected chi connectivity index (χ3v) is 3.78. The highest BCUT2D eigenvalue weighted by atomic mass is 16.5. The third kappa shape index (κ3) is 3.21. The molecule has 0 saturated heterocycles. The second-order valence-corrected chi connectivity index (χ2v) is 5.09. The molecule has 0 aromatic rings. The van der Waals surface area contributed by atoms with E-state index in [2.05, 4.69) is 38.0 Å². The Kier molecular flexibility index (Phi) is 5.43. The summed E-state index contributed by atoms with van der Waals surface area (Å²) in [6.45, 7) is 11.7. The van der Waals surface area contributed by atoms with Gasteiger partial charge in [0.1, 0.15) is 0 Å². The molecule has 1 rings (SSSR count). The van der Waals surface area contributed by atoms with E-state index in [1.54, 1.807) is 0 Å². The Bertz CT molecular complexity index is 259. The van der Waals surface area contributed by atoms with Crippen molar-refractivity contribution in [2.24, 2.45) is 5.84 Å². The van der Waals surface area contributed by atoms with E-state index in [1.165, 1.54) is 5.57 Å². The first-order valence-electron chi connectivity index (χ1n) is 6.59. The molecular weight excluding hydrogens is 214 g/mol. The summed E-state index contributed by atoms with van der Waals surface area (Å²) >= 11 is 0. The zero-order valence-electron chi connectivity index (χ0n) is 11.6. The minimum atomic E-state index is -0.00914. The lowest BCUT2D eigenvalue weighted by Crippen LogP contribution is -2.60. The van der Waals surface area contributed by atoms with Crippen LogP contribution in [0.4, 0.5) is 0 Å². The minimum Gasteiger partial charge on any atom is -0.501 e. The van der Waals surface area contributed by atoms with Crippen molar-refractivity contribution >= 4 is 0 Å². The van der Waals surface area contributed by atoms with Gasteiger partial charge < -0.3 is 4.74 Å². The fourth-order valence-electron chi connectivity index (χ4n) is 2.78. The normalized spacial score (nSPS) is 18.8. The van der Waals surface area contributed by atoms with Gasteiger partial charge in [-0.05, 0) is 45.4 Å². The Balaban J connectivity index is 2.87. The second-order valence-electron chi connectivity index (χ2n) is 5.09. The molecular formula is C13H27N3O. The molecule has 17 heavy (non-hydrogen) atoms. The monoisotopic (exact) mass is 241 g/mol. The highest BCUT2D eigenvalue weighted by molar-refractivity contribution is 5.17. The maximum absolute atomic E-state index is 5.76. The lowest BCUT2D eigenvalue weighted by atomic mass is 9.85. The molecule has 0 bridgehead atoms. The van der Waals surface area contributed by atoms with E-state index >= 15 is 0 Å². The molecule has 0 saturated carbocycles. The summed E-state index contributed by atoms with van der Waals surface area (Å²) in [5, 5.41) is 0. The summed E-state index contributed by atoms with van der Waals surface area (Å²) in [4.78, 5) is 2.42. The van der Waals surface area contributed by atoms with E-state index in [9.17, 15) is 0 Å². The van der Waals surface area contributed by atoms with Gasteiger partial charge in [-0.25, -0.2) is 0 Å². The first kappa shape index (κ1) is 14.5. The highest BCUT2D eigenvalue weighted by Crippen LogP contribution is 2.27. The molecule has 1 aliphatic heterocycles. The predicted molar refractivity (Wildman–Crippen MR) is 71.4 cm³/mol. The van der Waals surface area contributed by atoms with Gasteiger partial charge in [0, 0.05) is 5.54 Å². The van der Waals surface area contributed by atoms with Crippen molar-refractivity contribution in [1.29, 1.82) is 0 Å². The molecule has 4 heteroatoms. The molecule has 1 unspecified atom stereocenters. The number of hydrogen-bond donors (Lipinski definition) is 2. The van der Waals surface area contributed by atoms with Crippen molar-refractivity contribution in [2.45, 2.75) is 52.1 Å². The molecule has 0 spiro atoms. The molecule has 0 fully saturated rings. The largest absolute Gasteiger partial charge is 0.501 e. The molecule has 100 valence electrons. The number of likely N-dealkylation sites (N-methyl/N-ethyl adjacent to an activating group) is 1. The molecule has 0 aliphatic carbocycles. The molecule has 1 atom stereocenters. The van der Waals surface area contributed by atoms with Crippen LogP contribution in [0.15, 0.2) is 11.8 Å². The average Bonchev–Trinajstić information content (AvgIpc) is 2.32. The summed E-state index contributed by atoms with van der Waals surface area (Å²) in [6, 6.07) is 0.141. The van der Waals surface area contributed by atoms with Gasteiger partial charge in [-0.2, -0.15) is 0 Å². The number of hydrazine groups is 1. The first-order valence-corrected chi connectivity index (χ1v) is 6.59. The van der Waals surface area contributed by atoms with Crippen LogP contribution in [0.3, 0.4) is 0 Å². The van der Waals surface area contributed by atoms with Crippen LogP contribution in [0.5, 0.6) is 0 Å². The average molecular weight is 241 g/mol. The molecule has 3 N–H and O–H groups in total. The van der Waals surface area contributed by atoms with Crippen LogP contribution in [-0.2, 0) is 4.74 Å². The smallest absolute Gasteiger partial charge is 0.0876 e. The Hall–Kier alpha value is -0.580. The van der Waals surface area contributed by atoms with Crippen LogP contribution >= 0.6 is 0 Å². The maximum Gasteiger partial charge on any atom is 0.0876 e. The lowest BCUT2D eigenvalue weighted by molar-refractivity contribution is 0.0973. The molecule has 4 nitrogen and oxygen atoms in total. The van der Waals surface area contributed by atoms with E-state index < -0.39 is 0 Å². The van der Waals surface area contributed by atoms with Crippen molar-refractivity contribution < 1.29 is 4.74 Å². The summed E-state index contributed by atoms with van der Waals surface area (Å²) < 4.78 is 5.43. The van der Waals surface area contributed by atoms with Gasteiger partial charge in [0.2, 0.25) is 0 Å². The predicted octanol–water partition coefficient (Wildman–Crippen LogP) is 1.63. The van der Waals surface area contributed by atoms with E-state index in [4.69, 9.17) is 10.6 Å². The van der Waals surface area contributed by atoms with Gasteiger partial charge in [-0.3, -0.25) is 16.2 Å². The first-order chi connectivity index (χ1) is 8.07. The van der Waals surface area contributed by atoms with Crippen molar-refractivity contribution in [2.75, 3.05) is 19.7 Å². The van der Waals surface area contributed by atoms with Gasteiger partial charge in [0.15, 0.2) is 0 Å². The fraction of sp³-hybridized carbons (Fsp3) is 0.846. The number of nitrogens with two attached hydrogens (primary N) is 1. The van der Waals surface area contributed by atoms with Gasteiger partial charge in [0.25, 0.3) is 0 Å². The topological polar surface area (TPSA) is 50.5 Å². The molecule has 0 aromatic heterocycles. The summed E-state index contributed by atoms with van der Waals surface area (Å²) in [5.74, 6) is 5.76. The van der Waals surface area contributed by atoms with Gasteiger partial charge in [0.05, 0.1) is 18.9 Å². The SMILES string of the molecule is CCN(CC)C(C)(C)C(NN)C1=COCCC1. The standard InChI is InChI=1S/C13H27N3O/c1-5-16(6-2)13(3,4)12(15-14)11-8-7-9-17-10-11/h10,12,15H,5-9,14H2,1-4H3. The molecule has 0 aromatic carbocycles. The van der Waals surface area contributed by atoms with E-state index in [0.29, 0.717) is 0 Å². The van der Waals surface area contributed by atoms with Crippen LogP contribution in [0, 0.1) is 0 Å². The summed E-state index contributed by atoms with van der Waals surface area (Å²) in [5.41, 5.74) is 4.24. The van der Waals surface area contributed by atoms with Crippen LogP contribution in [0.25, 0.3) is 0 Å². The van der Waals surface area contributed by atoms with E-state index in [1.807, 2.05) is 6.26 Å². The van der Waals surface area contributed by atoms with Crippen LogP contribution < -0.4 is 11.3 Å². The zero-order chi connectivity index (χ0) is 12.9. The van der Waals surface area contributed by atoms with Gasteiger partial charge in [-0.1, -0.05) is 13.8 Å². The molecule has 1 heterocycles. The number of hydrogen-bond acceptors (Lipinski definition) is 4.